The molecular weight excluding hydrogens is 251 g/mol. The number of primary amides is 1. The van der Waals surface area contributed by atoms with Crippen LogP contribution in [0.4, 0.5) is 14.9 Å². The fourth-order valence-corrected chi connectivity index (χ4v) is 1.58. The summed E-state index contributed by atoms with van der Waals surface area (Å²) < 4.78 is 18.7. The summed E-state index contributed by atoms with van der Waals surface area (Å²) in [6.45, 7) is 4.97. The summed E-state index contributed by atoms with van der Waals surface area (Å²) in [6.07, 6.45) is -0.557. The van der Waals surface area contributed by atoms with Crippen LogP contribution in [0.25, 0.3) is 0 Å². The quantitative estimate of drug-likeness (QED) is 0.713. The second-order valence-corrected chi connectivity index (χ2v) is 5.18. The van der Waals surface area contributed by atoms with Crippen LogP contribution >= 0.6 is 0 Å². The van der Waals surface area contributed by atoms with E-state index in [1.54, 1.807) is 20.8 Å². The Labute approximate surface area is 111 Å². The summed E-state index contributed by atoms with van der Waals surface area (Å²) in [6, 6.07) is 2.63. The van der Waals surface area contributed by atoms with Crippen molar-refractivity contribution in [1.82, 2.24) is 0 Å². The first-order chi connectivity index (χ1) is 8.76. The molecule has 5 N–H and O–H groups in total. The van der Waals surface area contributed by atoms with Crippen molar-refractivity contribution in [2.24, 2.45) is 5.73 Å². The van der Waals surface area contributed by atoms with Crippen LogP contribution in [0.5, 0.6) is 0 Å². The molecule has 1 amide bonds. The molecule has 0 fully saturated rings. The van der Waals surface area contributed by atoms with Gasteiger partial charge in [-0.1, -0.05) is 0 Å². The Kier molecular flexibility index (Phi) is 4.99. The molecule has 1 rings (SSSR count). The molecule has 5 nitrogen and oxygen atoms in total. The Bertz CT molecular complexity index is 470. The van der Waals surface area contributed by atoms with Crippen molar-refractivity contribution in [2.75, 3.05) is 0 Å². The zero-order chi connectivity index (χ0) is 14.6. The minimum atomic E-state index is -0.611. The van der Waals surface area contributed by atoms with Crippen molar-refractivity contribution in [3.63, 3.8) is 0 Å². The summed E-state index contributed by atoms with van der Waals surface area (Å²) in [5.74, 6) is -0.575. The van der Waals surface area contributed by atoms with Crippen LogP contribution in [0.15, 0.2) is 12.1 Å². The highest BCUT2D eigenvalue weighted by Gasteiger charge is 2.22. The summed E-state index contributed by atoms with van der Waals surface area (Å²) in [4.78, 5) is 11.7. The van der Waals surface area contributed by atoms with Gasteiger partial charge in [-0.2, -0.15) is 4.79 Å². The normalized spacial score (nSPS) is 11.5. The van der Waals surface area contributed by atoms with E-state index >= 15 is 0 Å². The number of ether oxygens (including phenoxy) is 1. The van der Waals surface area contributed by atoms with Gasteiger partial charge in [-0.25, -0.2) is 9.71 Å². The molecule has 1 aromatic rings. The largest absolute Gasteiger partial charge is 0.518 e. The first-order valence-corrected chi connectivity index (χ1v) is 5.96. The first-order valence-electron chi connectivity index (χ1n) is 5.96. The molecule has 1 aromatic carbocycles. The van der Waals surface area contributed by atoms with Crippen molar-refractivity contribution >= 4 is 11.8 Å². The molecule has 0 spiro atoms. The van der Waals surface area contributed by atoms with E-state index in [2.05, 4.69) is 0 Å². The van der Waals surface area contributed by atoms with E-state index < -0.39 is 24.1 Å². The van der Waals surface area contributed by atoms with Gasteiger partial charge in [-0.15, -0.1) is 0 Å². The SMILES string of the molecule is CC(C)(C)OC(=O)[NH2+]c1cc(F)c(CO)cc1CN. The minimum Gasteiger partial charge on any atom is -0.414 e. The fourth-order valence-electron chi connectivity index (χ4n) is 1.58. The number of hydrogen-bond donors (Lipinski definition) is 3. The van der Waals surface area contributed by atoms with Gasteiger partial charge in [0.15, 0.2) is 0 Å². The Hall–Kier alpha value is -1.50. The summed E-state index contributed by atoms with van der Waals surface area (Å²) in [7, 11) is 0. The van der Waals surface area contributed by atoms with Gasteiger partial charge in [0.1, 0.15) is 17.1 Å². The molecule has 0 aliphatic carbocycles. The zero-order valence-electron chi connectivity index (χ0n) is 11.4. The Morgan fingerprint density at radius 1 is 1.42 bits per heavy atom. The van der Waals surface area contributed by atoms with Gasteiger partial charge in [0.25, 0.3) is 0 Å². The van der Waals surface area contributed by atoms with E-state index in [9.17, 15) is 9.18 Å². The summed E-state index contributed by atoms with van der Waals surface area (Å²) in [5, 5.41) is 10.2. The fraction of sp³-hybridized carbons (Fsp3) is 0.462. The molecule has 19 heavy (non-hydrogen) atoms. The molecule has 0 radical (unpaired) electrons. The smallest absolute Gasteiger partial charge is 0.414 e. The number of carbonyl (C=O) groups is 1. The van der Waals surface area contributed by atoms with Gasteiger partial charge in [0.05, 0.1) is 6.61 Å². The van der Waals surface area contributed by atoms with Crippen molar-refractivity contribution in [3.8, 4) is 0 Å². The lowest BCUT2D eigenvalue weighted by Gasteiger charge is -2.17. The van der Waals surface area contributed by atoms with Crippen molar-refractivity contribution in [2.45, 2.75) is 39.5 Å². The second kappa shape index (κ2) is 6.10. The number of carbonyl (C=O) groups excluding carboxylic acids is 1. The highest BCUT2D eigenvalue weighted by Crippen LogP contribution is 2.17. The summed E-state index contributed by atoms with van der Waals surface area (Å²) in [5.41, 5.74) is 6.04. The number of amides is 1. The van der Waals surface area contributed by atoms with Crippen LogP contribution in [0.1, 0.15) is 31.9 Å². The molecule has 0 unspecified atom stereocenters. The molecule has 0 heterocycles. The molecule has 0 aromatic heterocycles. The predicted molar refractivity (Wildman–Crippen MR) is 68.0 cm³/mol. The highest BCUT2D eigenvalue weighted by atomic mass is 19.1. The third-order valence-corrected chi connectivity index (χ3v) is 2.38. The second-order valence-electron chi connectivity index (χ2n) is 5.18. The van der Waals surface area contributed by atoms with Gasteiger partial charge in [-0.3, -0.25) is 0 Å². The number of aliphatic hydroxyl groups excluding tert-OH is 1. The van der Waals surface area contributed by atoms with Gasteiger partial charge in [-0.05, 0) is 26.8 Å². The molecule has 0 aliphatic rings. The Balaban J connectivity index is 2.94. The maximum absolute atomic E-state index is 13.6. The van der Waals surface area contributed by atoms with Crippen molar-refractivity contribution in [1.29, 1.82) is 0 Å². The summed E-state index contributed by atoms with van der Waals surface area (Å²) >= 11 is 0. The number of quaternary nitrogens is 1. The third kappa shape index (κ3) is 4.59. The maximum Gasteiger partial charge on any atom is 0.518 e. The monoisotopic (exact) mass is 271 g/mol. The lowest BCUT2D eigenvalue weighted by atomic mass is 10.1. The van der Waals surface area contributed by atoms with E-state index in [4.69, 9.17) is 15.6 Å². The topological polar surface area (TPSA) is 89.2 Å². The van der Waals surface area contributed by atoms with Gasteiger partial charge in [0, 0.05) is 23.7 Å². The van der Waals surface area contributed by atoms with Crippen molar-refractivity contribution in [3.05, 3.63) is 29.1 Å². The van der Waals surface area contributed by atoms with E-state index in [1.165, 1.54) is 17.4 Å². The predicted octanol–water partition coefficient (Wildman–Crippen LogP) is 0.907. The Morgan fingerprint density at radius 2 is 2.05 bits per heavy atom. The average molecular weight is 271 g/mol. The first kappa shape index (κ1) is 15.6. The van der Waals surface area contributed by atoms with Gasteiger partial charge in [0.2, 0.25) is 0 Å². The zero-order valence-corrected chi connectivity index (χ0v) is 11.4. The molecule has 0 atom stereocenters. The third-order valence-electron chi connectivity index (χ3n) is 2.38. The number of nitrogens with two attached hydrogens (primary N) is 2. The molecular formula is C13H20FN2O3+. The van der Waals surface area contributed by atoms with Gasteiger partial charge >= 0.3 is 6.09 Å². The molecule has 106 valence electrons. The molecule has 0 saturated carbocycles. The Morgan fingerprint density at radius 3 is 2.53 bits per heavy atom. The number of rotatable bonds is 3. The number of benzene rings is 1. The minimum absolute atomic E-state index is 0.141. The van der Waals surface area contributed by atoms with E-state index in [0.717, 1.165) is 0 Å². The van der Waals surface area contributed by atoms with Crippen LogP contribution in [-0.4, -0.2) is 16.8 Å². The lowest BCUT2D eigenvalue weighted by molar-refractivity contribution is -0.487. The molecule has 0 aliphatic heterocycles. The number of aliphatic hydroxyl groups is 1. The molecule has 0 saturated heterocycles. The van der Waals surface area contributed by atoms with E-state index in [0.29, 0.717) is 11.3 Å². The number of hydrogen-bond acceptors (Lipinski definition) is 4. The molecule has 6 heteroatoms. The van der Waals surface area contributed by atoms with Crippen LogP contribution in [0, 0.1) is 5.82 Å². The average Bonchev–Trinajstić information content (AvgIpc) is 2.26. The number of halogens is 1. The van der Waals surface area contributed by atoms with Crippen molar-refractivity contribution < 1.29 is 24.3 Å². The standard InChI is InChI=1S/C13H19FN2O3/c1-13(2,3)19-12(18)16-11-5-10(14)9(7-17)4-8(11)6-15/h4-5,17H,6-7,15H2,1-3H3,(H,16,18)/p+1. The van der Waals surface area contributed by atoms with E-state index in [-0.39, 0.29) is 12.1 Å². The highest BCUT2D eigenvalue weighted by molar-refractivity contribution is 5.61. The molecule has 0 bridgehead atoms. The van der Waals surface area contributed by atoms with Crippen LogP contribution in [0.3, 0.4) is 0 Å². The van der Waals surface area contributed by atoms with Crippen LogP contribution in [0.2, 0.25) is 0 Å². The van der Waals surface area contributed by atoms with Gasteiger partial charge < -0.3 is 15.6 Å². The van der Waals surface area contributed by atoms with E-state index in [1.807, 2.05) is 0 Å². The van der Waals surface area contributed by atoms with Crippen LogP contribution < -0.4 is 11.1 Å². The lowest BCUT2D eigenvalue weighted by Crippen LogP contribution is -2.83. The van der Waals surface area contributed by atoms with Crippen LogP contribution in [-0.2, 0) is 17.9 Å². The maximum atomic E-state index is 13.6.